The second-order valence-corrected chi connectivity index (χ2v) is 7.36. The zero-order valence-corrected chi connectivity index (χ0v) is 16.1. The average Bonchev–Trinajstić information content (AvgIpc) is 3.20. The van der Waals surface area contributed by atoms with Crippen LogP contribution in [0.2, 0.25) is 0 Å². The van der Waals surface area contributed by atoms with E-state index in [0.29, 0.717) is 18.7 Å². The lowest BCUT2D eigenvalue weighted by molar-refractivity contribution is 0.0679. The van der Waals surface area contributed by atoms with Gasteiger partial charge < -0.3 is 14.4 Å². The fourth-order valence-electron chi connectivity index (χ4n) is 2.96. The van der Waals surface area contributed by atoms with Crippen LogP contribution < -0.4 is 4.74 Å². The van der Waals surface area contributed by atoms with Crippen molar-refractivity contribution < 1.29 is 14.3 Å². The maximum atomic E-state index is 12.6. The minimum atomic E-state index is 0.00428. The van der Waals surface area contributed by atoms with Gasteiger partial charge in [-0.3, -0.25) is 4.79 Å². The monoisotopic (exact) mass is 371 g/mol. The van der Waals surface area contributed by atoms with E-state index in [1.165, 1.54) is 4.90 Å². The molecule has 5 heteroatoms. The molecule has 1 heterocycles. The van der Waals surface area contributed by atoms with Gasteiger partial charge in [-0.1, -0.05) is 12.1 Å². The third kappa shape index (κ3) is 5.02. The van der Waals surface area contributed by atoms with Crippen LogP contribution >= 0.6 is 11.8 Å². The normalized spacial score (nSPS) is 16.5. The standard InChI is InChI=1S/C21H25NO3S/c1-22(14-16-5-11-20(26-2)12-6-16)21(23)17-7-9-18(10-8-17)25-15-19-4-3-13-24-19/h5-12,19H,3-4,13-15H2,1-2H3/t19-/m0/s1. The van der Waals surface area contributed by atoms with Gasteiger partial charge in [0.25, 0.3) is 5.91 Å². The van der Waals surface area contributed by atoms with Crippen molar-refractivity contribution >= 4 is 17.7 Å². The lowest BCUT2D eigenvalue weighted by atomic mass is 10.1. The summed E-state index contributed by atoms with van der Waals surface area (Å²) < 4.78 is 11.3. The Kier molecular flexibility index (Phi) is 6.58. The number of benzene rings is 2. The maximum absolute atomic E-state index is 12.6. The SMILES string of the molecule is CSc1ccc(CN(C)C(=O)c2ccc(OC[C@@H]3CCCO3)cc2)cc1. The Morgan fingerprint density at radius 3 is 2.54 bits per heavy atom. The van der Waals surface area contributed by atoms with Crippen LogP contribution in [0.4, 0.5) is 0 Å². The van der Waals surface area contributed by atoms with Crippen molar-refractivity contribution in [3.63, 3.8) is 0 Å². The quantitative estimate of drug-likeness (QED) is 0.683. The van der Waals surface area contributed by atoms with Crippen LogP contribution in [0, 0.1) is 0 Å². The first-order chi connectivity index (χ1) is 12.7. The molecule has 0 spiro atoms. The molecule has 4 nitrogen and oxygen atoms in total. The van der Waals surface area contributed by atoms with Gasteiger partial charge in [0.05, 0.1) is 6.10 Å². The molecule has 1 aliphatic heterocycles. The molecular weight excluding hydrogens is 346 g/mol. The first-order valence-electron chi connectivity index (χ1n) is 8.88. The fraction of sp³-hybridized carbons (Fsp3) is 0.381. The van der Waals surface area contributed by atoms with E-state index in [2.05, 4.69) is 30.5 Å². The number of hydrogen-bond acceptors (Lipinski definition) is 4. The summed E-state index contributed by atoms with van der Waals surface area (Å²) in [5.41, 5.74) is 1.79. The summed E-state index contributed by atoms with van der Waals surface area (Å²) >= 11 is 1.71. The van der Waals surface area contributed by atoms with Crippen LogP contribution in [0.1, 0.15) is 28.8 Å². The van der Waals surface area contributed by atoms with Gasteiger partial charge in [0.1, 0.15) is 12.4 Å². The van der Waals surface area contributed by atoms with Gasteiger partial charge in [0, 0.05) is 30.7 Å². The minimum absolute atomic E-state index is 0.00428. The number of thioether (sulfide) groups is 1. The first-order valence-corrected chi connectivity index (χ1v) is 10.1. The molecule has 2 aromatic rings. The van der Waals surface area contributed by atoms with Gasteiger partial charge in [-0.2, -0.15) is 0 Å². The summed E-state index contributed by atoms with van der Waals surface area (Å²) in [5.74, 6) is 0.775. The van der Waals surface area contributed by atoms with Gasteiger partial charge in [0.15, 0.2) is 0 Å². The topological polar surface area (TPSA) is 38.8 Å². The minimum Gasteiger partial charge on any atom is -0.491 e. The molecule has 1 saturated heterocycles. The van der Waals surface area contributed by atoms with Crippen molar-refractivity contribution in [2.45, 2.75) is 30.4 Å². The Balaban J connectivity index is 1.54. The Morgan fingerprint density at radius 1 is 1.19 bits per heavy atom. The van der Waals surface area contributed by atoms with Crippen molar-refractivity contribution in [2.24, 2.45) is 0 Å². The fourth-order valence-corrected chi connectivity index (χ4v) is 3.36. The number of carbonyl (C=O) groups is 1. The van der Waals surface area contributed by atoms with Gasteiger partial charge in [0.2, 0.25) is 0 Å². The lowest BCUT2D eigenvalue weighted by Crippen LogP contribution is -2.26. The molecule has 1 fully saturated rings. The summed E-state index contributed by atoms with van der Waals surface area (Å²) in [6.07, 6.45) is 4.41. The molecule has 0 radical (unpaired) electrons. The van der Waals surface area contributed by atoms with Crippen molar-refractivity contribution in [3.05, 3.63) is 59.7 Å². The van der Waals surface area contributed by atoms with Crippen molar-refractivity contribution in [1.29, 1.82) is 0 Å². The smallest absolute Gasteiger partial charge is 0.253 e. The molecule has 1 amide bonds. The van der Waals surface area contributed by atoms with E-state index in [1.54, 1.807) is 16.7 Å². The number of nitrogens with zero attached hydrogens (tertiary/aromatic N) is 1. The van der Waals surface area contributed by atoms with Crippen LogP contribution in [0.15, 0.2) is 53.4 Å². The molecule has 0 aliphatic carbocycles. The molecule has 0 aromatic heterocycles. The molecule has 138 valence electrons. The molecule has 0 N–H and O–H groups in total. The highest BCUT2D eigenvalue weighted by Gasteiger charge is 2.16. The van der Waals surface area contributed by atoms with Crippen LogP contribution in [-0.2, 0) is 11.3 Å². The largest absolute Gasteiger partial charge is 0.491 e. The Labute approximate surface area is 159 Å². The molecule has 0 unspecified atom stereocenters. The number of hydrogen-bond donors (Lipinski definition) is 0. The van der Waals surface area contributed by atoms with Gasteiger partial charge >= 0.3 is 0 Å². The molecule has 1 atom stereocenters. The van der Waals surface area contributed by atoms with Crippen molar-refractivity contribution in [1.82, 2.24) is 4.90 Å². The maximum Gasteiger partial charge on any atom is 0.253 e. The highest BCUT2D eigenvalue weighted by atomic mass is 32.2. The molecule has 3 rings (SSSR count). The molecule has 0 bridgehead atoms. The van der Waals surface area contributed by atoms with Gasteiger partial charge in [-0.05, 0) is 61.1 Å². The number of rotatable bonds is 7. The van der Waals surface area contributed by atoms with E-state index in [0.717, 1.165) is 30.8 Å². The second kappa shape index (κ2) is 9.10. The highest BCUT2D eigenvalue weighted by Crippen LogP contribution is 2.19. The summed E-state index contributed by atoms with van der Waals surface area (Å²) in [5, 5.41) is 0. The number of amides is 1. The van der Waals surface area contributed by atoms with Crippen LogP contribution in [-0.4, -0.2) is 43.4 Å². The van der Waals surface area contributed by atoms with E-state index in [-0.39, 0.29) is 12.0 Å². The summed E-state index contributed by atoms with van der Waals surface area (Å²) in [4.78, 5) is 15.6. The third-order valence-electron chi connectivity index (χ3n) is 4.49. The molecular formula is C21H25NO3S. The number of carbonyl (C=O) groups excluding carboxylic acids is 1. The van der Waals surface area contributed by atoms with E-state index >= 15 is 0 Å². The van der Waals surface area contributed by atoms with Crippen LogP contribution in [0.25, 0.3) is 0 Å². The lowest BCUT2D eigenvalue weighted by Gasteiger charge is -2.18. The van der Waals surface area contributed by atoms with E-state index in [4.69, 9.17) is 9.47 Å². The zero-order valence-electron chi connectivity index (χ0n) is 15.3. The van der Waals surface area contributed by atoms with E-state index < -0.39 is 0 Å². The Hall–Kier alpha value is -1.98. The Bertz CT molecular complexity index is 709. The highest BCUT2D eigenvalue weighted by molar-refractivity contribution is 7.98. The molecule has 1 aliphatic rings. The summed E-state index contributed by atoms with van der Waals surface area (Å²) in [7, 11) is 1.83. The second-order valence-electron chi connectivity index (χ2n) is 6.48. The predicted molar refractivity (Wildman–Crippen MR) is 105 cm³/mol. The number of ether oxygens (including phenoxy) is 2. The van der Waals surface area contributed by atoms with Crippen molar-refractivity contribution in [2.75, 3.05) is 26.5 Å². The van der Waals surface area contributed by atoms with Crippen LogP contribution in [0.5, 0.6) is 5.75 Å². The van der Waals surface area contributed by atoms with Gasteiger partial charge in [-0.15, -0.1) is 11.8 Å². The molecule has 26 heavy (non-hydrogen) atoms. The van der Waals surface area contributed by atoms with Gasteiger partial charge in [-0.25, -0.2) is 0 Å². The van der Waals surface area contributed by atoms with E-state index in [9.17, 15) is 4.79 Å². The first kappa shape index (κ1) is 18.8. The zero-order chi connectivity index (χ0) is 18.4. The summed E-state index contributed by atoms with van der Waals surface area (Å²) in [6.45, 7) is 1.98. The summed E-state index contributed by atoms with van der Waals surface area (Å²) in [6, 6.07) is 15.6. The predicted octanol–water partition coefficient (Wildman–Crippen LogP) is 4.24. The Morgan fingerprint density at radius 2 is 1.92 bits per heavy atom. The van der Waals surface area contributed by atoms with Crippen molar-refractivity contribution in [3.8, 4) is 5.75 Å². The third-order valence-corrected chi connectivity index (χ3v) is 5.23. The van der Waals surface area contributed by atoms with Crippen LogP contribution in [0.3, 0.4) is 0 Å². The molecule has 0 saturated carbocycles. The molecule has 2 aromatic carbocycles. The average molecular weight is 372 g/mol. The van der Waals surface area contributed by atoms with E-state index in [1.807, 2.05) is 31.3 Å².